The highest BCUT2D eigenvalue weighted by atomic mass is 16.1. The highest BCUT2D eigenvalue weighted by Crippen LogP contribution is 2.27. The zero-order chi connectivity index (χ0) is 11.3. The number of nitrogens with one attached hydrogen (secondary N) is 1. The maximum Gasteiger partial charge on any atom is 0.180 e. The number of aryl methyl sites for hydroxylation is 2. The number of pyridine rings is 1. The van der Waals surface area contributed by atoms with Crippen molar-refractivity contribution in [2.45, 2.75) is 6.92 Å². The second kappa shape index (κ2) is 2.98. The molecular formula is C13H12N2O. The number of rotatable bonds is 0. The van der Waals surface area contributed by atoms with Crippen LogP contribution in [-0.2, 0) is 7.05 Å². The van der Waals surface area contributed by atoms with E-state index < -0.39 is 0 Å². The lowest BCUT2D eigenvalue weighted by atomic mass is 10.2. The zero-order valence-electron chi connectivity index (χ0n) is 9.24. The third-order valence-electron chi connectivity index (χ3n) is 3.12. The van der Waals surface area contributed by atoms with Gasteiger partial charge in [0.1, 0.15) is 0 Å². The molecule has 0 aliphatic heterocycles. The van der Waals surface area contributed by atoms with Gasteiger partial charge in [0.2, 0.25) is 0 Å². The molecule has 3 rings (SSSR count). The Balaban J connectivity index is 2.70. The van der Waals surface area contributed by atoms with Crippen molar-refractivity contribution in [3.8, 4) is 0 Å². The van der Waals surface area contributed by atoms with E-state index in [1.165, 1.54) is 5.39 Å². The Morgan fingerprint density at radius 1 is 1.19 bits per heavy atom. The topological polar surface area (TPSA) is 37.8 Å². The number of hydrogen-bond acceptors (Lipinski definition) is 1. The molecule has 1 N–H and O–H groups in total. The monoisotopic (exact) mass is 212 g/mol. The van der Waals surface area contributed by atoms with Crippen molar-refractivity contribution in [3.63, 3.8) is 0 Å². The fourth-order valence-electron chi connectivity index (χ4n) is 2.39. The summed E-state index contributed by atoms with van der Waals surface area (Å²) in [7, 11) is 1.99. The van der Waals surface area contributed by atoms with Crippen LogP contribution in [0.2, 0.25) is 0 Å². The molecule has 0 bridgehead atoms. The fourth-order valence-corrected chi connectivity index (χ4v) is 2.39. The Hall–Kier alpha value is -2.03. The molecule has 16 heavy (non-hydrogen) atoms. The lowest BCUT2D eigenvalue weighted by Crippen LogP contribution is -1.97. The van der Waals surface area contributed by atoms with E-state index >= 15 is 0 Å². The molecule has 2 aromatic heterocycles. The number of benzene rings is 1. The molecule has 0 saturated carbocycles. The number of aromatic amines is 1. The maximum atomic E-state index is 11.4. The van der Waals surface area contributed by atoms with Crippen molar-refractivity contribution in [2.75, 3.05) is 0 Å². The third-order valence-corrected chi connectivity index (χ3v) is 3.12. The first-order valence-electron chi connectivity index (χ1n) is 5.25. The molecule has 0 aliphatic carbocycles. The Bertz CT molecular complexity index is 750. The van der Waals surface area contributed by atoms with Crippen LogP contribution in [0.3, 0.4) is 0 Å². The Morgan fingerprint density at radius 3 is 2.81 bits per heavy atom. The van der Waals surface area contributed by atoms with Crippen LogP contribution >= 0.6 is 0 Å². The van der Waals surface area contributed by atoms with Crippen molar-refractivity contribution in [2.24, 2.45) is 7.05 Å². The second-order valence-corrected chi connectivity index (χ2v) is 4.10. The molecule has 3 aromatic rings. The van der Waals surface area contributed by atoms with E-state index in [0.29, 0.717) is 0 Å². The van der Waals surface area contributed by atoms with Gasteiger partial charge in [-0.1, -0.05) is 0 Å². The van der Waals surface area contributed by atoms with Crippen LogP contribution in [0.4, 0.5) is 0 Å². The summed E-state index contributed by atoms with van der Waals surface area (Å²) < 4.78 is 2.07. The average Bonchev–Trinajstić information content (AvgIpc) is 2.54. The van der Waals surface area contributed by atoms with Crippen LogP contribution in [0.1, 0.15) is 5.69 Å². The molecule has 2 heterocycles. The minimum atomic E-state index is 0.0556. The fraction of sp³-hybridized carbons (Fsp3) is 0.154. The van der Waals surface area contributed by atoms with Crippen molar-refractivity contribution >= 4 is 21.8 Å². The van der Waals surface area contributed by atoms with Crippen molar-refractivity contribution < 1.29 is 0 Å². The molecule has 0 aliphatic rings. The summed E-state index contributed by atoms with van der Waals surface area (Å²) in [6.45, 7) is 2.04. The van der Waals surface area contributed by atoms with Gasteiger partial charge in [-0.3, -0.25) is 4.79 Å². The van der Waals surface area contributed by atoms with E-state index in [9.17, 15) is 4.79 Å². The number of fused-ring (bicyclic) bond motifs is 3. The van der Waals surface area contributed by atoms with E-state index in [2.05, 4.69) is 15.6 Å². The van der Waals surface area contributed by atoms with Gasteiger partial charge < -0.3 is 9.55 Å². The highest BCUT2D eigenvalue weighted by Gasteiger charge is 2.09. The van der Waals surface area contributed by atoms with Gasteiger partial charge in [-0.2, -0.15) is 0 Å². The van der Waals surface area contributed by atoms with Crippen LogP contribution in [0, 0.1) is 6.92 Å². The number of nitrogens with zero attached hydrogens (tertiary/aromatic N) is 1. The third kappa shape index (κ3) is 1.05. The molecule has 80 valence electrons. The Kier molecular flexibility index (Phi) is 1.72. The van der Waals surface area contributed by atoms with Gasteiger partial charge in [0.25, 0.3) is 0 Å². The summed E-state index contributed by atoms with van der Waals surface area (Å²) >= 11 is 0. The maximum absolute atomic E-state index is 11.4. The molecule has 0 radical (unpaired) electrons. The Labute approximate surface area is 92.3 Å². The van der Waals surface area contributed by atoms with E-state index in [4.69, 9.17) is 0 Å². The van der Waals surface area contributed by atoms with Gasteiger partial charge in [0.05, 0.1) is 11.0 Å². The predicted octanol–water partition coefficient (Wildman–Crippen LogP) is 2.33. The predicted molar refractivity (Wildman–Crippen MR) is 65.8 cm³/mol. The summed E-state index contributed by atoms with van der Waals surface area (Å²) in [6, 6.07) is 7.26. The highest BCUT2D eigenvalue weighted by molar-refractivity contribution is 6.08. The number of H-pyrrole nitrogens is 1. The molecule has 0 atom stereocenters. The summed E-state index contributed by atoms with van der Waals surface area (Å²) in [6.07, 6.45) is 1.93. The smallest absolute Gasteiger partial charge is 0.180 e. The summed E-state index contributed by atoms with van der Waals surface area (Å²) in [4.78, 5) is 14.6. The molecule has 0 unspecified atom stereocenters. The minimum Gasteiger partial charge on any atom is -0.364 e. The molecule has 0 saturated heterocycles. The summed E-state index contributed by atoms with van der Waals surface area (Å²) in [5, 5.41) is 2.32. The van der Waals surface area contributed by atoms with E-state index in [0.717, 1.165) is 22.1 Å². The number of aromatic nitrogens is 2. The quantitative estimate of drug-likeness (QED) is 0.610. The molecule has 0 spiro atoms. The van der Waals surface area contributed by atoms with Gasteiger partial charge >= 0.3 is 0 Å². The van der Waals surface area contributed by atoms with Gasteiger partial charge in [-0.25, -0.2) is 0 Å². The van der Waals surface area contributed by atoms with E-state index in [1.807, 2.05) is 26.2 Å². The molecule has 3 heteroatoms. The van der Waals surface area contributed by atoms with Gasteiger partial charge in [0, 0.05) is 35.8 Å². The van der Waals surface area contributed by atoms with Gasteiger partial charge in [-0.05, 0) is 25.1 Å². The standard InChI is InChI=1S/C13H12N2O/c1-8-13-11(5-6-14-8)10-4-3-9(16)7-12(10)15(13)2/h3-7,14H,1-2H3. The largest absolute Gasteiger partial charge is 0.364 e. The first-order valence-corrected chi connectivity index (χ1v) is 5.25. The van der Waals surface area contributed by atoms with E-state index in [-0.39, 0.29) is 5.43 Å². The average molecular weight is 212 g/mol. The van der Waals surface area contributed by atoms with Crippen molar-refractivity contribution in [1.82, 2.24) is 9.55 Å². The first kappa shape index (κ1) is 9.21. The first-order chi connectivity index (χ1) is 7.68. The molecule has 0 fully saturated rings. The molecule has 3 nitrogen and oxygen atoms in total. The molecular weight excluding hydrogens is 200 g/mol. The van der Waals surface area contributed by atoms with E-state index in [1.54, 1.807) is 12.1 Å². The van der Waals surface area contributed by atoms with Crippen LogP contribution in [0.5, 0.6) is 0 Å². The van der Waals surface area contributed by atoms with Crippen LogP contribution < -0.4 is 5.43 Å². The lowest BCUT2D eigenvalue weighted by Gasteiger charge is -2.00. The molecule has 0 amide bonds. The van der Waals surface area contributed by atoms with Crippen LogP contribution in [0.25, 0.3) is 21.8 Å². The van der Waals surface area contributed by atoms with Crippen LogP contribution in [-0.4, -0.2) is 9.55 Å². The minimum absolute atomic E-state index is 0.0556. The summed E-state index contributed by atoms with van der Waals surface area (Å²) in [5.41, 5.74) is 3.32. The van der Waals surface area contributed by atoms with Crippen molar-refractivity contribution in [3.05, 3.63) is 46.4 Å². The number of hydrogen-bond donors (Lipinski definition) is 1. The van der Waals surface area contributed by atoms with Gasteiger partial charge in [-0.15, -0.1) is 0 Å². The van der Waals surface area contributed by atoms with Crippen LogP contribution in [0.15, 0.2) is 35.3 Å². The van der Waals surface area contributed by atoms with Crippen molar-refractivity contribution in [1.29, 1.82) is 0 Å². The normalized spacial score (nSPS) is 11.4. The second-order valence-electron chi connectivity index (χ2n) is 4.10. The Morgan fingerprint density at radius 2 is 2.00 bits per heavy atom. The lowest BCUT2D eigenvalue weighted by molar-refractivity contribution is 0.996. The SMILES string of the molecule is Cc1[nH]ccc2c3ccc(=O)cc3n(C)c12. The molecule has 1 aromatic carbocycles. The zero-order valence-corrected chi connectivity index (χ0v) is 9.24. The van der Waals surface area contributed by atoms with Gasteiger partial charge in [0.15, 0.2) is 5.43 Å². The summed E-state index contributed by atoms with van der Waals surface area (Å²) in [5.74, 6) is 0.